The van der Waals surface area contributed by atoms with Gasteiger partial charge in [0.15, 0.2) is 0 Å². The number of nitrogens with one attached hydrogen (secondary N) is 2. The molecule has 98 valence electrons. The largest absolute Gasteiger partial charge is 0.378 e. The molecule has 0 aromatic heterocycles. The van der Waals surface area contributed by atoms with E-state index < -0.39 is 0 Å². The summed E-state index contributed by atoms with van der Waals surface area (Å²) in [6.45, 7) is 7.76. The number of hydrogen-bond acceptors (Lipinski definition) is 3. The molecule has 2 N–H and O–H groups in total. The van der Waals surface area contributed by atoms with Gasteiger partial charge in [0.25, 0.3) is 0 Å². The molecule has 0 spiro atoms. The van der Waals surface area contributed by atoms with Crippen molar-refractivity contribution in [1.82, 2.24) is 10.6 Å². The Kier molecular flexibility index (Phi) is 4.40. The number of carbonyl (C=O) groups is 1. The highest BCUT2D eigenvalue weighted by Gasteiger charge is 2.28. The van der Waals surface area contributed by atoms with Crippen molar-refractivity contribution in [1.29, 1.82) is 0 Å². The zero-order chi connectivity index (χ0) is 12.3. The third-order valence-electron chi connectivity index (χ3n) is 4.01. The number of amides is 1. The molecule has 2 fully saturated rings. The predicted octanol–water partition coefficient (Wildman–Crippen LogP) is 0.773. The van der Waals surface area contributed by atoms with Gasteiger partial charge in [-0.1, -0.05) is 6.92 Å². The number of rotatable bonds is 3. The lowest BCUT2D eigenvalue weighted by Crippen LogP contribution is -2.44. The second-order valence-electron chi connectivity index (χ2n) is 5.57. The van der Waals surface area contributed by atoms with Gasteiger partial charge in [-0.15, -0.1) is 0 Å². The Balaban J connectivity index is 1.73. The first-order valence-corrected chi connectivity index (χ1v) is 6.77. The van der Waals surface area contributed by atoms with Gasteiger partial charge in [-0.3, -0.25) is 4.79 Å². The van der Waals surface area contributed by atoms with Crippen molar-refractivity contribution in [3.63, 3.8) is 0 Å². The monoisotopic (exact) mass is 240 g/mol. The van der Waals surface area contributed by atoms with Crippen LogP contribution in [0.3, 0.4) is 0 Å². The van der Waals surface area contributed by atoms with Crippen LogP contribution in [0.2, 0.25) is 0 Å². The van der Waals surface area contributed by atoms with Crippen molar-refractivity contribution in [3.8, 4) is 0 Å². The third-order valence-corrected chi connectivity index (χ3v) is 4.01. The highest BCUT2D eigenvalue weighted by molar-refractivity contribution is 5.79. The van der Waals surface area contributed by atoms with Crippen LogP contribution in [-0.2, 0) is 9.53 Å². The van der Waals surface area contributed by atoms with Crippen LogP contribution in [-0.4, -0.2) is 38.3 Å². The van der Waals surface area contributed by atoms with E-state index in [1.54, 1.807) is 0 Å². The zero-order valence-electron chi connectivity index (χ0n) is 10.9. The van der Waals surface area contributed by atoms with Crippen LogP contribution in [0, 0.1) is 17.8 Å². The minimum absolute atomic E-state index is 0.149. The van der Waals surface area contributed by atoms with Gasteiger partial charge >= 0.3 is 0 Å². The lowest BCUT2D eigenvalue weighted by atomic mass is 9.91. The van der Waals surface area contributed by atoms with E-state index in [0.29, 0.717) is 17.9 Å². The standard InChI is InChI=1S/C13H24N2O2/c1-9-5-12(7-14-6-9)13(16)15-8-11-3-4-17-10(11)2/h9-12,14H,3-8H2,1-2H3,(H,15,16). The van der Waals surface area contributed by atoms with Gasteiger partial charge in [0.2, 0.25) is 5.91 Å². The van der Waals surface area contributed by atoms with Crippen molar-refractivity contribution in [2.75, 3.05) is 26.2 Å². The van der Waals surface area contributed by atoms with Gasteiger partial charge in [-0.2, -0.15) is 0 Å². The molecule has 2 heterocycles. The van der Waals surface area contributed by atoms with E-state index in [2.05, 4.69) is 24.5 Å². The maximum absolute atomic E-state index is 12.0. The summed E-state index contributed by atoms with van der Waals surface area (Å²) in [4.78, 5) is 12.0. The van der Waals surface area contributed by atoms with E-state index in [1.807, 2.05) is 0 Å². The molecular formula is C13H24N2O2. The Morgan fingerprint density at radius 3 is 2.88 bits per heavy atom. The first kappa shape index (κ1) is 12.8. The Morgan fingerprint density at radius 1 is 1.41 bits per heavy atom. The lowest BCUT2D eigenvalue weighted by molar-refractivity contribution is -0.126. The van der Waals surface area contributed by atoms with Crippen molar-refractivity contribution < 1.29 is 9.53 Å². The van der Waals surface area contributed by atoms with Gasteiger partial charge in [0, 0.05) is 25.6 Å². The fraction of sp³-hybridized carbons (Fsp3) is 0.923. The Bertz CT molecular complexity index is 270. The van der Waals surface area contributed by atoms with Gasteiger partial charge in [-0.25, -0.2) is 0 Å². The highest BCUT2D eigenvalue weighted by Crippen LogP contribution is 2.20. The quantitative estimate of drug-likeness (QED) is 0.766. The minimum atomic E-state index is 0.149. The average molecular weight is 240 g/mol. The molecule has 4 heteroatoms. The molecule has 2 aliphatic heterocycles. The summed E-state index contributed by atoms with van der Waals surface area (Å²) >= 11 is 0. The fourth-order valence-corrected chi connectivity index (χ4v) is 2.78. The maximum Gasteiger partial charge on any atom is 0.224 e. The van der Waals surface area contributed by atoms with Crippen LogP contribution in [0.1, 0.15) is 26.7 Å². The first-order chi connectivity index (χ1) is 8.16. The molecule has 2 saturated heterocycles. The number of carbonyl (C=O) groups excluding carboxylic acids is 1. The lowest BCUT2D eigenvalue weighted by Gasteiger charge is -2.27. The SMILES string of the molecule is CC1CNCC(C(=O)NCC2CCOC2C)C1. The molecule has 4 unspecified atom stereocenters. The number of ether oxygens (including phenoxy) is 1. The normalized spacial score (nSPS) is 38.0. The molecule has 0 bridgehead atoms. The summed E-state index contributed by atoms with van der Waals surface area (Å²) in [7, 11) is 0. The fourth-order valence-electron chi connectivity index (χ4n) is 2.78. The second-order valence-corrected chi connectivity index (χ2v) is 5.57. The van der Waals surface area contributed by atoms with Gasteiger partial charge in [0.05, 0.1) is 12.0 Å². The average Bonchev–Trinajstić information content (AvgIpc) is 2.72. The van der Waals surface area contributed by atoms with E-state index in [4.69, 9.17) is 4.74 Å². The van der Waals surface area contributed by atoms with Crippen molar-refractivity contribution in [3.05, 3.63) is 0 Å². The molecule has 4 nitrogen and oxygen atoms in total. The van der Waals surface area contributed by atoms with Crippen molar-refractivity contribution in [2.24, 2.45) is 17.8 Å². The number of piperidine rings is 1. The summed E-state index contributed by atoms with van der Waals surface area (Å²) in [5, 5.41) is 6.40. The summed E-state index contributed by atoms with van der Waals surface area (Å²) in [6.07, 6.45) is 2.37. The molecule has 0 saturated carbocycles. The zero-order valence-corrected chi connectivity index (χ0v) is 10.9. The molecule has 2 rings (SSSR count). The molecule has 1 amide bonds. The molecule has 17 heavy (non-hydrogen) atoms. The van der Waals surface area contributed by atoms with Crippen molar-refractivity contribution >= 4 is 5.91 Å². The van der Waals surface area contributed by atoms with Crippen LogP contribution >= 0.6 is 0 Å². The Hall–Kier alpha value is -0.610. The molecule has 0 aliphatic carbocycles. The Labute approximate surface area is 103 Å². The first-order valence-electron chi connectivity index (χ1n) is 6.77. The van der Waals surface area contributed by atoms with Gasteiger partial charge in [-0.05, 0) is 32.2 Å². The van der Waals surface area contributed by atoms with Crippen LogP contribution in [0.5, 0.6) is 0 Å². The third kappa shape index (κ3) is 3.42. The smallest absolute Gasteiger partial charge is 0.224 e. The van der Waals surface area contributed by atoms with Crippen molar-refractivity contribution in [2.45, 2.75) is 32.8 Å². The predicted molar refractivity (Wildman–Crippen MR) is 66.7 cm³/mol. The van der Waals surface area contributed by atoms with E-state index >= 15 is 0 Å². The Morgan fingerprint density at radius 2 is 2.24 bits per heavy atom. The van der Waals surface area contributed by atoms with E-state index in [9.17, 15) is 4.79 Å². The van der Waals surface area contributed by atoms with Crippen LogP contribution in [0.15, 0.2) is 0 Å². The van der Waals surface area contributed by atoms with Crippen LogP contribution in [0.4, 0.5) is 0 Å². The van der Waals surface area contributed by atoms with Crippen LogP contribution < -0.4 is 10.6 Å². The topological polar surface area (TPSA) is 50.4 Å². The molecule has 0 aromatic rings. The molecular weight excluding hydrogens is 216 g/mol. The van der Waals surface area contributed by atoms with Gasteiger partial charge < -0.3 is 15.4 Å². The minimum Gasteiger partial charge on any atom is -0.378 e. The summed E-state index contributed by atoms with van der Waals surface area (Å²) in [5.74, 6) is 1.46. The second kappa shape index (κ2) is 5.83. The van der Waals surface area contributed by atoms with Crippen LogP contribution in [0.25, 0.3) is 0 Å². The van der Waals surface area contributed by atoms with E-state index in [1.165, 1.54) is 0 Å². The summed E-state index contributed by atoms with van der Waals surface area (Å²) in [6, 6.07) is 0. The highest BCUT2D eigenvalue weighted by atomic mass is 16.5. The van der Waals surface area contributed by atoms with Gasteiger partial charge in [0.1, 0.15) is 0 Å². The molecule has 4 atom stereocenters. The number of hydrogen-bond donors (Lipinski definition) is 2. The summed E-state index contributed by atoms with van der Waals surface area (Å²) in [5.41, 5.74) is 0. The molecule has 0 radical (unpaired) electrons. The summed E-state index contributed by atoms with van der Waals surface area (Å²) < 4.78 is 5.50. The maximum atomic E-state index is 12.0. The van der Waals surface area contributed by atoms with E-state index in [-0.39, 0.29) is 11.8 Å². The van der Waals surface area contributed by atoms with E-state index in [0.717, 1.165) is 39.1 Å². The molecule has 0 aromatic carbocycles. The molecule has 2 aliphatic rings.